The minimum atomic E-state index is -1.08. The van der Waals surface area contributed by atoms with Crippen molar-refractivity contribution >= 4 is 11.8 Å². The lowest BCUT2D eigenvalue weighted by Gasteiger charge is -2.19. The molecule has 6 heteroatoms. The summed E-state index contributed by atoms with van der Waals surface area (Å²) in [6.45, 7) is 0. The number of carboxylic acids is 1. The molecule has 1 atom stereocenters. The predicted octanol–water partition coefficient (Wildman–Crippen LogP) is 0.340. The van der Waals surface area contributed by atoms with Crippen LogP contribution in [0.15, 0.2) is 6.07 Å². The maximum Gasteiger partial charge on any atom is 0.356 e. The van der Waals surface area contributed by atoms with Crippen LogP contribution in [0.2, 0.25) is 0 Å². The van der Waals surface area contributed by atoms with Gasteiger partial charge in [0.25, 0.3) is 0 Å². The Hall–Kier alpha value is -1.40. The highest BCUT2D eigenvalue weighted by molar-refractivity contribution is 5.85. The molecule has 0 saturated heterocycles. The molecule has 1 aromatic heterocycles. The summed E-state index contributed by atoms with van der Waals surface area (Å²) < 4.78 is 1.60. The van der Waals surface area contributed by atoms with Gasteiger partial charge >= 0.3 is 5.97 Å². The fourth-order valence-corrected chi connectivity index (χ4v) is 2.19. The summed E-state index contributed by atoms with van der Waals surface area (Å²) in [5, 5.41) is 24.1. The Kier molecular flexibility index (Phi) is 2.93. The molecule has 0 bridgehead atoms. The van der Waals surface area contributed by atoms with Crippen molar-refractivity contribution in [3.05, 3.63) is 17.0 Å². The first kappa shape index (κ1) is 11.1. The van der Waals surface area contributed by atoms with Crippen molar-refractivity contribution in [1.82, 2.24) is 9.78 Å². The molecule has 6 nitrogen and oxygen atoms in total. The minimum Gasteiger partial charge on any atom is -0.628 e. The van der Waals surface area contributed by atoms with Crippen LogP contribution in [0, 0.1) is 5.21 Å². The topological polar surface area (TPSA) is 82.6 Å². The van der Waals surface area contributed by atoms with Crippen LogP contribution in [0.25, 0.3) is 0 Å². The molecular formula is C10H15N3O3. The van der Waals surface area contributed by atoms with Gasteiger partial charge in [-0.25, -0.2) is 9.48 Å². The van der Waals surface area contributed by atoms with Crippen molar-refractivity contribution < 1.29 is 15.0 Å². The number of quaternary nitrogens is 1. The highest BCUT2D eigenvalue weighted by atomic mass is 16.5. The second-order valence-corrected chi connectivity index (χ2v) is 4.16. The SMILES string of the molecule is C[NH+]([O-])c1cc(C(=O)O)nn1C1CCCC1. The third-order valence-electron chi connectivity index (χ3n) is 2.99. The number of carbonyl (C=O) groups is 1. The largest absolute Gasteiger partial charge is 0.628 e. The zero-order valence-corrected chi connectivity index (χ0v) is 9.14. The van der Waals surface area contributed by atoms with Gasteiger partial charge in [0, 0.05) is 0 Å². The molecule has 1 unspecified atom stereocenters. The molecule has 1 aromatic rings. The molecule has 0 radical (unpaired) electrons. The molecule has 2 N–H and O–H groups in total. The van der Waals surface area contributed by atoms with Crippen LogP contribution in [0.5, 0.6) is 0 Å². The van der Waals surface area contributed by atoms with Crippen LogP contribution in [-0.4, -0.2) is 27.9 Å². The van der Waals surface area contributed by atoms with Crippen molar-refractivity contribution in [2.75, 3.05) is 7.05 Å². The van der Waals surface area contributed by atoms with E-state index in [4.69, 9.17) is 5.11 Å². The van der Waals surface area contributed by atoms with Crippen molar-refractivity contribution in [3.63, 3.8) is 0 Å². The lowest BCUT2D eigenvalue weighted by atomic mass is 10.2. The first-order valence-electron chi connectivity index (χ1n) is 5.43. The van der Waals surface area contributed by atoms with E-state index in [0.717, 1.165) is 25.7 Å². The molecule has 0 spiro atoms. The summed E-state index contributed by atoms with van der Waals surface area (Å²) >= 11 is 0. The molecule has 1 aliphatic carbocycles. The predicted molar refractivity (Wildman–Crippen MR) is 56.6 cm³/mol. The zero-order chi connectivity index (χ0) is 11.7. The van der Waals surface area contributed by atoms with Gasteiger partial charge in [-0.05, 0) is 12.8 Å². The summed E-state index contributed by atoms with van der Waals surface area (Å²) in [4.78, 5) is 10.8. The first-order chi connectivity index (χ1) is 7.59. The van der Waals surface area contributed by atoms with E-state index in [1.165, 1.54) is 13.1 Å². The molecular weight excluding hydrogens is 210 g/mol. The summed E-state index contributed by atoms with van der Waals surface area (Å²) in [6, 6.07) is 1.55. The van der Waals surface area contributed by atoms with E-state index >= 15 is 0 Å². The van der Waals surface area contributed by atoms with Gasteiger partial charge in [-0.15, -0.1) is 0 Å². The highest BCUT2D eigenvalue weighted by Crippen LogP contribution is 2.30. The van der Waals surface area contributed by atoms with Crippen LogP contribution in [0.4, 0.5) is 5.82 Å². The number of hydrogen-bond donors (Lipinski definition) is 2. The monoisotopic (exact) mass is 225 g/mol. The molecule has 1 saturated carbocycles. The van der Waals surface area contributed by atoms with E-state index in [-0.39, 0.29) is 16.8 Å². The van der Waals surface area contributed by atoms with Crippen LogP contribution < -0.4 is 5.06 Å². The average molecular weight is 225 g/mol. The number of rotatable bonds is 3. The van der Waals surface area contributed by atoms with Gasteiger partial charge in [0.1, 0.15) is 0 Å². The molecule has 0 aliphatic heterocycles. The Balaban J connectivity index is 2.37. The van der Waals surface area contributed by atoms with Gasteiger partial charge in [0.05, 0.1) is 19.2 Å². The van der Waals surface area contributed by atoms with E-state index in [9.17, 15) is 10.0 Å². The molecule has 16 heavy (non-hydrogen) atoms. The number of nitrogens with zero attached hydrogens (tertiary/aromatic N) is 2. The lowest BCUT2D eigenvalue weighted by Crippen LogP contribution is -2.99. The van der Waals surface area contributed by atoms with Crippen molar-refractivity contribution in [2.24, 2.45) is 0 Å². The van der Waals surface area contributed by atoms with E-state index in [0.29, 0.717) is 5.82 Å². The van der Waals surface area contributed by atoms with Crippen LogP contribution in [0.1, 0.15) is 42.2 Å². The standard InChI is InChI=1S/C10H15N3O3/c1-12(16)9-6-8(10(14)15)11-13(9)7-4-2-3-5-7/h6-7,12H,2-5H2,1H3,(H,14,15). The second kappa shape index (κ2) is 4.23. The fraction of sp³-hybridized carbons (Fsp3) is 0.600. The van der Waals surface area contributed by atoms with Crippen LogP contribution in [0.3, 0.4) is 0 Å². The first-order valence-corrected chi connectivity index (χ1v) is 5.43. The lowest BCUT2D eigenvalue weighted by molar-refractivity contribution is -0.756. The summed E-state index contributed by atoms with van der Waals surface area (Å²) in [5.41, 5.74) is -0.0444. The fourth-order valence-electron chi connectivity index (χ4n) is 2.19. The van der Waals surface area contributed by atoms with E-state index in [1.807, 2.05) is 0 Å². The third kappa shape index (κ3) is 1.94. The van der Waals surface area contributed by atoms with Gasteiger partial charge in [0.2, 0.25) is 5.82 Å². The molecule has 2 rings (SSSR count). The second-order valence-electron chi connectivity index (χ2n) is 4.16. The number of carboxylic acid groups (broad SMARTS) is 1. The quantitative estimate of drug-likeness (QED) is 0.727. The Morgan fingerprint density at radius 2 is 2.25 bits per heavy atom. The molecule has 1 fully saturated rings. The number of nitrogens with one attached hydrogen (secondary N) is 1. The summed E-state index contributed by atoms with van der Waals surface area (Å²) in [7, 11) is 1.44. The Morgan fingerprint density at radius 3 is 2.75 bits per heavy atom. The summed E-state index contributed by atoms with van der Waals surface area (Å²) in [5.74, 6) is -0.677. The van der Waals surface area contributed by atoms with E-state index in [1.54, 1.807) is 4.68 Å². The average Bonchev–Trinajstić information content (AvgIpc) is 2.86. The van der Waals surface area contributed by atoms with Gasteiger partial charge < -0.3 is 15.4 Å². The highest BCUT2D eigenvalue weighted by Gasteiger charge is 2.25. The van der Waals surface area contributed by atoms with Gasteiger partial charge in [-0.1, -0.05) is 12.8 Å². The Bertz CT molecular complexity index is 394. The molecule has 0 amide bonds. The zero-order valence-electron chi connectivity index (χ0n) is 9.14. The number of hydroxylamine groups is 1. The maximum atomic E-state index is 11.4. The van der Waals surface area contributed by atoms with Gasteiger partial charge in [-0.3, -0.25) is 0 Å². The molecule has 1 aliphatic rings. The van der Waals surface area contributed by atoms with E-state index in [2.05, 4.69) is 5.10 Å². The van der Waals surface area contributed by atoms with Gasteiger partial charge in [0.15, 0.2) is 5.69 Å². The number of hydrogen-bond acceptors (Lipinski definition) is 3. The van der Waals surface area contributed by atoms with Crippen LogP contribution >= 0.6 is 0 Å². The maximum absolute atomic E-state index is 11.4. The number of aromatic carboxylic acids is 1. The third-order valence-corrected chi connectivity index (χ3v) is 2.99. The van der Waals surface area contributed by atoms with Crippen molar-refractivity contribution in [3.8, 4) is 0 Å². The normalized spacial score (nSPS) is 18.9. The Morgan fingerprint density at radius 1 is 1.62 bits per heavy atom. The Labute approximate surface area is 93.1 Å². The summed E-state index contributed by atoms with van der Waals surface area (Å²) in [6.07, 6.45) is 4.18. The van der Waals surface area contributed by atoms with E-state index < -0.39 is 5.97 Å². The molecule has 88 valence electrons. The minimum absolute atomic E-state index is 0.0444. The smallest absolute Gasteiger partial charge is 0.356 e. The van der Waals surface area contributed by atoms with Crippen molar-refractivity contribution in [2.45, 2.75) is 31.7 Å². The van der Waals surface area contributed by atoms with Gasteiger partial charge in [-0.2, -0.15) is 5.10 Å². The molecule has 0 aromatic carbocycles. The van der Waals surface area contributed by atoms with Crippen LogP contribution in [-0.2, 0) is 0 Å². The number of aromatic nitrogens is 2. The van der Waals surface area contributed by atoms with Crippen molar-refractivity contribution in [1.29, 1.82) is 0 Å². The molecule has 1 heterocycles.